The zero-order valence-corrected chi connectivity index (χ0v) is 11.7. The largest absolute Gasteiger partial charge is 0.480 e. The highest BCUT2D eigenvalue weighted by Crippen LogP contribution is 2.25. The van der Waals surface area contributed by atoms with Crippen LogP contribution in [0.15, 0.2) is 5.38 Å². The quantitative estimate of drug-likeness (QED) is 0.860. The van der Waals surface area contributed by atoms with Gasteiger partial charge in [-0.1, -0.05) is 0 Å². The topological polar surface area (TPSA) is 79.7 Å². The van der Waals surface area contributed by atoms with Crippen LogP contribution in [0, 0.1) is 6.92 Å². The zero-order chi connectivity index (χ0) is 14.0. The number of aryl methyl sites for hydroxylation is 1. The first kappa shape index (κ1) is 14.0. The van der Waals surface area contributed by atoms with E-state index in [9.17, 15) is 9.59 Å². The van der Waals surface area contributed by atoms with Crippen LogP contribution in [0.5, 0.6) is 0 Å². The summed E-state index contributed by atoms with van der Waals surface area (Å²) in [5.74, 6) is -0.995. The van der Waals surface area contributed by atoms with Gasteiger partial charge in [-0.3, -0.25) is 4.79 Å². The summed E-state index contributed by atoms with van der Waals surface area (Å²) < 4.78 is 5.25. The van der Waals surface area contributed by atoms with Crippen LogP contribution >= 0.6 is 11.3 Å². The van der Waals surface area contributed by atoms with Crippen LogP contribution in [0.3, 0.4) is 0 Å². The van der Waals surface area contributed by atoms with E-state index >= 15 is 0 Å². The highest BCUT2D eigenvalue weighted by atomic mass is 32.1. The second kappa shape index (κ2) is 5.26. The highest BCUT2D eigenvalue weighted by molar-refractivity contribution is 7.09. The summed E-state index contributed by atoms with van der Waals surface area (Å²) in [6.45, 7) is 4.25. The third-order valence-corrected chi connectivity index (χ3v) is 3.77. The molecule has 0 spiro atoms. The van der Waals surface area contributed by atoms with Crippen molar-refractivity contribution in [2.75, 3.05) is 19.7 Å². The number of hydrogen-bond donors (Lipinski definition) is 1. The van der Waals surface area contributed by atoms with E-state index in [1.165, 1.54) is 11.3 Å². The fraction of sp³-hybridized carbons (Fsp3) is 0.583. The van der Waals surface area contributed by atoms with Crippen molar-refractivity contribution in [3.05, 3.63) is 16.1 Å². The molecule has 1 aromatic rings. The molecule has 0 aliphatic carbocycles. The molecule has 0 atom stereocenters. The smallest absolute Gasteiger partial charge is 0.329 e. The second-order valence-corrected chi connectivity index (χ2v) is 5.98. The predicted molar refractivity (Wildman–Crippen MR) is 69.1 cm³/mol. The van der Waals surface area contributed by atoms with Crippen molar-refractivity contribution < 1.29 is 19.4 Å². The maximum atomic E-state index is 11.9. The van der Waals surface area contributed by atoms with E-state index in [4.69, 9.17) is 9.84 Å². The average molecular weight is 284 g/mol. The molecule has 1 aromatic heterocycles. The summed E-state index contributed by atoms with van der Waals surface area (Å²) in [6, 6.07) is 0. The van der Waals surface area contributed by atoms with Crippen molar-refractivity contribution in [1.29, 1.82) is 0 Å². The van der Waals surface area contributed by atoms with Crippen molar-refractivity contribution in [2.24, 2.45) is 0 Å². The Kier molecular flexibility index (Phi) is 3.86. The summed E-state index contributed by atoms with van der Waals surface area (Å²) in [4.78, 5) is 28.3. The summed E-state index contributed by atoms with van der Waals surface area (Å²) in [5.41, 5.74) is 0.249. The van der Waals surface area contributed by atoms with E-state index in [2.05, 4.69) is 4.98 Å². The number of carbonyl (C=O) groups is 2. The molecule has 2 rings (SSSR count). The first-order valence-corrected chi connectivity index (χ1v) is 6.80. The Bertz CT molecular complexity index is 494. The van der Waals surface area contributed by atoms with Crippen molar-refractivity contribution >= 4 is 23.2 Å². The minimum absolute atomic E-state index is 0.00157. The molecule has 0 aromatic carbocycles. The second-order valence-electron chi connectivity index (χ2n) is 4.92. The van der Waals surface area contributed by atoms with E-state index < -0.39 is 11.6 Å². The number of carbonyl (C=O) groups excluding carboxylic acids is 1. The summed E-state index contributed by atoms with van der Waals surface area (Å²) >= 11 is 1.52. The number of aliphatic carboxylic acids is 1. The van der Waals surface area contributed by atoms with Crippen LogP contribution in [0.2, 0.25) is 0 Å². The Hall–Kier alpha value is -1.47. The third-order valence-electron chi connectivity index (χ3n) is 2.95. The van der Waals surface area contributed by atoms with E-state index in [0.29, 0.717) is 19.5 Å². The van der Waals surface area contributed by atoms with Crippen LogP contribution < -0.4 is 0 Å². The van der Waals surface area contributed by atoms with Crippen LogP contribution in [-0.2, 0) is 20.7 Å². The van der Waals surface area contributed by atoms with Gasteiger partial charge in [0.05, 0.1) is 30.2 Å². The lowest BCUT2D eigenvalue weighted by Crippen LogP contribution is -2.63. The molecule has 1 amide bonds. The number of carboxylic acid groups (broad SMARTS) is 1. The number of nitrogens with zero attached hydrogens (tertiary/aromatic N) is 2. The Labute approximate surface area is 115 Å². The van der Waals surface area contributed by atoms with Crippen molar-refractivity contribution in [3.63, 3.8) is 0 Å². The molecule has 0 unspecified atom stereocenters. The fourth-order valence-corrected chi connectivity index (χ4v) is 2.63. The number of aromatic nitrogens is 1. The molecular weight excluding hydrogens is 268 g/mol. The van der Waals surface area contributed by atoms with Gasteiger partial charge in [-0.15, -0.1) is 11.3 Å². The third kappa shape index (κ3) is 3.51. The van der Waals surface area contributed by atoms with Gasteiger partial charge in [-0.05, 0) is 13.8 Å². The van der Waals surface area contributed by atoms with E-state index in [1.807, 2.05) is 19.2 Å². The van der Waals surface area contributed by atoms with Gasteiger partial charge in [0.15, 0.2) is 0 Å². The Morgan fingerprint density at radius 2 is 2.26 bits per heavy atom. The normalized spacial score (nSPS) is 17.1. The minimum atomic E-state index is -0.996. The lowest BCUT2D eigenvalue weighted by atomic mass is 9.96. The van der Waals surface area contributed by atoms with Gasteiger partial charge in [0.1, 0.15) is 12.2 Å². The van der Waals surface area contributed by atoms with E-state index in [-0.39, 0.29) is 12.5 Å². The molecular formula is C12H16N2O4S. The van der Waals surface area contributed by atoms with Gasteiger partial charge in [-0.25, -0.2) is 9.78 Å². The maximum Gasteiger partial charge on any atom is 0.329 e. The van der Waals surface area contributed by atoms with Gasteiger partial charge >= 0.3 is 5.97 Å². The fourth-order valence-electron chi connectivity index (χ4n) is 2.02. The molecule has 2 heterocycles. The van der Waals surface area contributed by atoms with Crippen molar-refractivity contribution in [2.45, 2.75) is 25.9 Å². The number of carboxylic acids is 1. The monoisotopic (exact) mass is 284 g/mol. The summed E-state index contributed by atoms with van der Waals surface area (Å²) in [7, 11) is 0. The number of amides is 1. The van der Waals surface area contributed by atoms with Crippen molar-refractivity contribution in [1.82, 2.24) is 9.88 Å². The summed E-state index contributed by atoms with van der Waals surface area (Å²) in [5, 5.41) is 11.4. The summed E-state index contributed by atoms with van der Waals surface area (Å²) in [6.07, 6.45) is 0.291. The number of likely N-dealkylation sites (tertiary alicyclic amines) is 1. The minimum Gasteiger partial charge on any atom is -0.480 e. The number of hydrogen-bond acceptors (Lipinski definition) is 5. The molecule has 1 fully saturated rings. The zero-order valence-electron chi connectivity index (χ0n) is 10.9. The average Bonchev–Trinajstić information content (AvgIpc) is 2.68. The molecule has 1 N–H and O–H groups in total. The molecule has 0 saturated carbocycles. The molecule has 1 saturated heterocycles. The maximum absolute atomic E-state index is 11.9. The van der Waals surface area contributed by atoms with Crippen LogP contribution in [0.25, 0.3) is 0 Å². The Balaban J connectivity index is 1.79. The lowest BCUT2D eigenvalue weighted by Gasteiger charge is -2.47. The van der Waals surface area contributed by atoms with Crippen molar-refractivity contribution in [3.8, 4) is 0 Å². The SMILES string of the molecule is Cc1nc(CC(=O)N2CC(C)(OCC(=O)O)C2)cs1. The van der Waals surface area contributed by atoms with E-state index in [0.717, 1.165) is 10.7 Å². The molecule has 6 nitrogen and oxygen atoms in total. The highest BCUT2D eigenvalue weighted by Gasteiger charge is 2.42. The van der Waals surface area contributed by atoms with Gasteiger partial charge in [0.2, 0.25) is 5.91 Å². The number of ether oxygens (including phenoxy) is 1. The predicted octanol–water partition coefficient (Wildman–Crippen LogP) is 0.696. The van der Waals surface area contributed by atoms with Crippen LogP contribution in [0.4, 0.5) is 0 Å². The first-order chi connectivity index (χ1) is 8.88. The molecule has 1 aliphatic heterocycles. The first-order valence-electron chi connectivity index (χ1n) is 5.92. The van der Waals surface area contributed by atoms with Gasteiger partial charge in [-0.2, -0.15) is 0 Å². The van der Waals surface area contributed by atoms with Gasteiger partial charge in [0.25, 0.3) is 0 Å². The molecule has 7 heteroatoms. The standard InChI is InChI=1S/C12H16N2O4S/c1-8-13-9(5-19-8)3-10(15)14-6-12(2,7-14)18-4-11(16)17/h5H,3-4,6-7H2,1-2H3,(H,16,17). The van der Waals surface area contributed by atoms with Crippen LogP contribution in [0.1, 0.15) is 17.6 Å². The molecule has 19 heavy (non-hydrogen) atoms. The molecule has 1 aliphatic rings. The Morgan fingerprint density at radius 3 is 2.79 bits per heavy atom. The molecule has 0 radical (unpaired) electrons. The van der Waals surface area contributed by atoms with E-state index in [1.54, 1.807) is 4.90 Å². The number of rotatable bonds is 5. The molecule has 0 bridgehead atoms. The Morgan fingerprint density at radius 1 is 1.58 bits per heavy atom. The lowest BCUT2D eigenvalue weighted by molar-refractivity contribution is -0.172. The van der Waals surface area contributed by atoms with Crippen LogP contribution in [-0.4, -0.2) is 52.2 Å². The number of thiazole rings is 1. The van der Waals surface area contributed by atoms with Gasteiger partial charge < -0.3 is 14.7 Å². The molecule has 104 valence electrons. The van der Waals surface area contributed by atoms with Gasteiger partial charge in [0, 0.05) is 5.38 Å².